The highest BCUT2D eigenvalue weighted by atomic mass is 35.5. The Labute approximate surface area is 134 Å². The van der Waals surface area contributed by atoms with Crippen LogP contribution >= 0.6 is 22.9 Å². The second-order valence-corrected chi connectivity index (χ2v) is 7.29. The van der Waals surface area contributed by atoms with Gasteiger partial charge >= 0.3 is 0 Å². The SMILES string of the molecule is Cc1ccnc(N(C)C2CCN(Cc3ccc(Cl)s3)C2)n1. The summed E-state index contributed by atoms with van der Waals surface area (Å²) in [6, 6.07) is 6.50. The molecule has 0 spiro atoms. The molecular formula is C15H19ClN4S. The van der Waals surface area contributed by atoms with Gasteiger partial charge in [0, 0.05) is 49.5 Å². The van der Waals surface area contributed by atoms with Gasteiger partial charge in [-0.05, 0) is 31.5 Å². The van der Waals surface area contributed by atoms with Gasteiger partial charge in [0.1, 0.15) is 0 Å². The highest BCUT2D eigenvalue weighted by Crippen LogP contribution is 2.25. The summed E-state index contributed by atoms with van der Waals surface area (Å²) in [7, 11) is 2.09. The molecule has 0 amide bonds. The van der Waals surface area contributed by atoms with Crippen molar-refractivity contribution in [3.05, 3.63) is 39.3 Å². The Hall–Kier alpha value is -1.17. The van der Waals surface area contributed by atoms with Crippen molar-refractivity contribution in [3.8, 4) is 0 Å². The van der Waals surface area contributed by atoms with Crippen LogP contribution in [0.5, 0.6) is 0 Å². The van der Waals surface area contributed by atoms with E-state index >= 15 is 0 Å². The molecule has 0 aliphatic carbocycles. The third-order valence-corrected chi connectivity index (χ3v) is 5.12. The number of hydrogen-bond donors (Lipinski definition) is 0. The number of halogens is 1. The second kappa shape index (κ2) is 6.30. The van der Waals surface area contributed by atoms with Gasteiger partial charge in [0.15, 0.2) is 0 Å². The molecule has 1 atom stereocenters. The molecule has 1 fully saturated rings. The molecule has 4 nitrogen and oxygen atoms in total. The van der Waals surface area contributed by atoms with Crippen LogP contribution in [0.2, 0.25) is 4.34 Å². The summed E-state index contributed by atoms with van der Waals surface area (Å²) in [5, 5.41) is 0. The molecule has 21 heavy (non-hydrogen) atoms. The average molecular weight is 323 g/mol. The fraction of sp³-hybridized carbons (Fsp3) is 0.467. The van der Waals surface area contributed by atoms with E-state index in [9.17, 15) is 0 Å². The van der Waals surface area contributed by atoms with Crippen molar-refractivity contribution in [1.29, 1.82) is 0 Å². The lowest BCUT2D eigenvalue weighted by molar-refractivity contribution is 0.328. The molecule has 2 aromatic heterocycles. The summed E-state index contributed by atoms with van der Waals surface area (Å²) in [5.41, 5.74) is 1.01. The molecular weight excluding hydrogens is 304 g/mol. The minimum atomic E-state index is 0.474. The molecule has 2 aromatic rings. The quantitative estimate of drug-likeness (QED) is 0.865. The summed E-state index contributed by atoms with van der Waals surface area (Å²) in [4.78, 5) is 14.9. The van der Waals surface area contributed by atoms with E-state index in [4.69, 9.17) is 11.6 Å². The first kappa shape index (κ1) is 14.8. The molecule has 0 radical (unpaired) electrons. The van der Waals surface area contributed by atoms with Crippen LogP contribution in [-0.4, -0.2) is 41.0 Å². The molecule has 0 N–H and O–H groups in total. The number of anilines is 1. The molecule has 1 aliphatic heterocycles. The van der Waals surface area contributed by atoms with E-state index in [1.165, 1.54) is 4.88 Å². The van der Waals surface area contributed by atoms with Crippen molar-refractivity contribution in [1.82, 2.24) is 14.9 Å². The summed E-state index contributed by atoms with van der Waals surface area (Å²) >= 11 is 7.66. The van der Waals surface area contributed by atoms with E-state index in [1.807, 2.05) is 25.3 Å². The number of hydrogen-bond acceptors (Lipinski definition) is 5. The first-order valence-corrected chi connectivity index (χ1v) is 8.30. The Bertz CT molecular complexity index is 615. The molecule has 6 heteroatoms. The highest BCUT2D eigenvalue weighted by molar-refractivity contribution is 7.16. The fourth-order valence-electron chi connectivity index (χ4n) is 2.70. The lowest BCUT2D eigenvalue weighted by Crippen LogP contribution is -2.35. The second-order valence-electron chi connectivity index (χ2n) is 5.49. The van der Waals surface area contributed by atoms with Gasteiger partial charge < -0.3 is 4.90 Å². The highest BCUT2D eigenvalue weighted by Gasteiger charge is 2.27. The summed E-state index contributed by atoms with van der Waals surface area (Å²) < 4.78 is 0.867. The van der Waals surface area contributed by atoms with Crippen LogP contribution in [0, 0.1) is 6.92 Å². The number of likely N-dealkylation sites (tertiary alicyclic amines) is 1. The van der Waals surface area contributed by atoms with Crippen molar-refractivity contribution in [2.24, 2.45) is 0 Å². The van der Waals surface area contributed by atoms with Crippen molar-refractivity contribution >= 4 is 28.9 Å². The van der Waals surface area contributed by atoms with Gasteiger partial charge in [0.25, 0.3) is 0 Å². The number of aryl methyl sites for hydroxylation is 1. The predicted molar refractivity (Wildman–Crippen MR) is 88.2 cm³/mol. The van der Waals surface area contributed by atoms with Crippen LogP contribution in [0.3, 0.4) is 0 Å². The maximum absolute atomic E-state index is 6.00. The molecule has 0 aromatic carbocycles. The largest absolute Gasteiger partial charge is 0.340 e. The minimum absolute atomic E-state index is 0.474. The fourth-order valence-corrected chi connectivity index (χ4v) is 3.83. The molecule has 1 aliphatic rings. The van der Waals surface area contributed by atoms with E-state index in [2.05, 4.69) is 32.9 Å². The van der Waals surface area contributed by atoms with Crippen molar-refractivity contribution < 1.29 is 0 Å². The van der Waals surface area contributed by atoms with Crippen molar-refractivity contribution in [3.63, 3.8) is 0 Å². The summed E-state index contributed by atoms with van der Waals surface area (Å²) in [5.74, 6) is 0.820. The Morgan fingerprint density at radius 3 is 3.00 bits per heavy atom. The van der Waals surface area contributed by atoms with E-state index in [0.29, 0.717) is 6.04 Å². The standard InChI is InChI=1S/C15H19ClN4S/c1-11-5-7-17-15(18-11)19(2)12-6-8-20(9-12)10-13-3-4-14(16)21-13/h3-5,7,12H,6,8-10H2,1-2H3. The Balaban J connectivity index is 1.61. The van der Waals surface area contributed by atoms with Crippen LogP contribution in [0.25, 0.3) is 0 Å². The first-order valence-electron chi connectivity index (χ1n) is 7.11. The Morgan fingerprint density at radius 2 is 2.29 bits per heavy atom. The molecule has 112 valence electrons. The van der Waals surface area contributed by atoms with E-state index in [0.717, 1.165) is 42.0 Å². The smallest absolute Gasteiger partial charge is 0.225 e. The van der Waals surface area contributed by atoms with Crippen LogP contribution in [0.4, 0.5) is 5.95 Å². The van der Waals surface area contributed by atoms with Gasteiger partial charge in [0.2, 0.25) is 5.95 Å². The van der Waals surface area contributed by atoms with Crippen molar-refractivity contribution in [2.45, 2.75) is 25.9 Å². The van der Waals surface area contributed by atoms with E-state index in [-0.39, 0.29) is 0 Å². The molecule has 1 unspecified atom stereocenters. The number of rotatable bonds is 4. The first-order chi connectivity index (χ1) is 10.1. The van der Waals surface area contributed by atoms with Crippen LogP contribution in [0.15, 0.2) is 24.4 Å². The lowest BCUT2D eigenvalue weighted by atomic mass is 10.2. The maximum Gasteiger partial charge on any atom is 0.225 e. The molecule has 0 bridgehead atoms. The van der Waals surface area contributed by atoms with Crippen molar-refractivity contribution in [2.75, 3.05) is 25.0 Å². The minimum Gasteiger partial charge on any atom is -0.340 e. The van der Waals surface area contributed by atoms with Crippen LogP contribution in [0.1, 0.15) is 17.0 Å². The number of nitrogens with zero attached hydrogens (tertiary/aromatic N) is 4. The zero-order valence-electron chi connectivity index (χ0n) is 12.3. The normalized spacial score (nSPS) is 19.1. The van der Waals surface area contributed by atoms with Gasteiger partial charge in [0.05, 0.1) is 4.34 Å². The van der Waals surface area contributed by atoms with E-state index in [1.54, 1.807) is 11.3 Å². The summed E-state index contributed by atoms with van der Waals surface area (Å²) in [6.45, 7) is 5.14. The number of aromatic nitrogens is 2. The van der Waals surface area contributed by atoms with Gasteiger partial charge in [-0.1, -0.05) is 11.6 Å². The monoisotopic (exact) mass is 322 g/mol. The third kappa shape index (κ3) is 3.54. The average Bonchev–Trinajstić information content (AvgIpc) is 3.08. The number of likely N-dealkylation sites (N-methyl/N-ethyl adjacent to an activating group) is 1. The van der Waals surface area contributed by atoms with Gasteiger partial charge in [-0.3, -0.25) is 4.90 Å². The Morgan fingerprint density at radius 1 is 1.43 bits per heavy atom. The Kier molecular flexibility index (Phi) is 4.42. The summed E-state index contributed by atoms with van der Waals surface area (Å²) in [6.07, 6.45) is 2.97. The zero-order valence-corrected chi connectivity index (χ0v) is 13.9. The molecule has 3 heterocycles. The zero-order chi connectivity index (χ0) is 14.8. The topological polar surface area (TPSA) is 32.3 Å². The van der Waals surface area contributed by atoms with Gasteiger partial charge in [-0.15, -0.1) is 11.3 Å². The molecule has 1 saturated heterocycles. The van der Waals surface area contributed by atoms with Gasteiger partial charge in [-0.25, -0.2) is 9.97 Å². The number of thiophene rings is 1. The van der Waals surface area contributed by atoms with E-state index < -0.39 is 0 Å². The molecule has 0 saturated carbocycles. The molecule has 3 rings (SSSR count). The predicted octanol–water partition coefficient (Wildman–Crippen LogP) is 3.21. The van der Waals surface area contributed by atoms with Crippen LogP contribution < -0.4 is 4.90 Å². The van der Waals surface area contributed by atoms with Crippen LogP contribution in [-0.2, 0) is 6.54 Å². The lowest BCUT2D eigenvalue weighted by Gasteiger charge is -2.25. The third-order valence-electron chi connectivity index (χ3n) is 3.90. The maximum atomic E-state index is 6.00. The van der Waals surface area contributed by atoms with Gasteiger partial charge in [-0.2, -0.15) is 0 Å².